The number of hydrogen-bond acceptors (Lipinski definition) is 6. The number of aliphatic hydroxyl groups excluding tert-OH is 1. The minimum absolute atomic E-state index is 0.0891. The summed E-state index contributed by atoms with van der Waals surface area (Å²) in [5.41, 5.74) is 5.40. The van der Waals surface area contributed by atoms with Crippen LogP contribution in [0, 0.1) is 0 Å². The second kappa shape index (κ2) is 48.4. The van der Waals surface area contributed by atoms with Gasteiger partial charge < -0.3 is 21.1 Å². The molecule has 0 saturated carbocycles. The first kappa shape index (κ1) is 60.0. The van der Waals surface area contributed by atoms with Crippen molar-refractivity contribution in [2.45, 2.75) is 283 Å². The summed E-state index contributed by atoms with van der Waals surface area (Å²) in [5.74, 6) is -0.162. The lowest BCUT2D eigenvalue weighted by Gasteiger charge is -2.25. The summed E-state index contributed by atoms with van der Waals surface area (Å²) in [5, 5.41) is 13.9. The van der Waals surface area contributed by atoms with E-state index in [1.807, 2.05) is 0 Å². The minimum Gasteiger partial charge on any atom is -0.391 e. The van der Waals surface area contributed by atoms with Crippen molar-refractivity contribution in [3.8, 4) is 0 Å². The van der Waals surface area contributed by atoms with Gasteiger partial charge in [-0.2, -0.15) is 0 Å². The first-order valence-corrected chi connectivity index (χ1v) is 27.9. The van der Waals surface area contributed by atoms with Crippen molar-refractivity contribution in [1.82, 2.24) is 5.32 Å². The van der Waals surface area contributed by atoms with E-state index in [1.54, 1.807) is 0 Å². The molecule has 1 amide bonds. The van der Waals surface area contributed by atoms with Crippen molar-refractivity contribution in [2.24, 2.45) is 5.73 Å². The number of hydrogen-bond donors (Lipinski definition) is 4. The van der Waals surface area contributed by atoms with Crippen molar-refractivity contribution in [3.05, 3.63) is 24.3 Å². The fraction of sp³-hybridized carbons (Fsp3) is 0.904. The smallest absolute Gasteiger partial charge is 0.391 e. The van der Waals surface area contributed by atoms with Crippen LogP contribution in [0.3, 0.4) is 0 Å². The molecular formula is C52H103N2O6P. The van der Waals surface area contributed by atoms with Crippen molar-refractivity contribution < 1.29 is 28.4 Å². The van der Waals surface area contributed by atoms with Crippen molar-refractivity contribution >= 4 is 13.7 Å². The summed E-state index contributed by atoms with van der Waals surface area (Å²) in [7, 11) is -4.32. The Balaban J connectivity index is 4.03. The number of amides is 1. The number of rotatable bonds is 50. The van der Waals surface area contributed by atoms with Crippen LogP contribution >= 0.6 is 7.82 Å². The van der Waals surface area contributed by atoms with Crippen molar-refractivity contribution in [1.29, 1.82) is 0 Å². The maximum Gasteiger partial charge on any atom is 0.472 e. The molecule has 0 fully saturated rings. The monoisotopic (exact) mass is 883 g/mol. The Labute approximate surface area is 378 Å². The Morgan fingerprint density at radius 3 is 1.30 bits per heavy atom. The highest BCUT2D eigenvalue weighted by Gasteiger charge is 2.27. The zero-order valence-corrected chi connectivity index (χ0v) is 41.3. The molecule has 8 nitrogen and oxygen atoms in total. The third-order valence-electron chi connectivity index (χ3n) is 12.1. The van der Waals surface area contributed by atoms with Crippen LogP contribution < -0.4 is 11.1 Å². The van der Waals surface area contributed by atoms with Gasteiger partial charge in [0.25, 0.3) is 0 Å². The summed E-state index contributed by atoms with van der Waals surface area (Å²) >= 11 is 0. The normalized spacial score (nSPS) is 14.0. The van der Waals surface area contributed by atoms with Crippen molar-refractivity contribution in [2.75, 3.05) is 19.8 Å². The summed E-state index contributed by atoms with van der Waals surface area (Å²) in [6.07, 6.45) is 57.7. The quantitative estimate of drug-likeness (QED) is 0.0272. The first-order chi connectivity index (χ1) is 29.9. The number of unbranched alkanes of at least 4 members (excludes halogenated alkanes) is 34. The van der Waals surface area contributed by atoms with Crippen LogP contribution in [-0.2, 0) is 18.4 Å². The van der Waals surface area contributed by atoms with E-state index in [-0.39, 0.29) is 25.7 Å². The van der Waals surface area contributed by atoms with E-state index >= 15 is 0 Å². The van der Waals surface area contributed by atoms with Crippen LogP contribution in [0.25, 0.3) is 0 Å². The van der Waals surface area contributed by atoms with Crippen LogP contribution in [0.2, 0.25) is 0 Å². The van der Waals surface area contributed by atoms with E-state index in [1.165, 1.54) is 199 Å². The molecule has 5 N–H and O–H groups in total. The average Bonchev–Trinajstić information content (AvgIpc) is 3.25. The second-order valence-electron chi connectivity index (χ2n) is 18.1. The van der Waals surface area contributed by atoms with Gasteiger partial charge in [0.05, 0.1) is 25.4 Å². The predicted octanol–water partition coefficient (Wildman–Crippen LogP) is 15.7. The van der Waals surface area contributed by atoms with Gasteiger partial charge in [0.2, 0.25) is 5.91 Å². The molecule has 3 atom stereocenters. The molecule has 0 heterocycles. The summed E-state index contributed by atoms with van der Waals surface area (Å²) < 4.78 is 22.3. The molecule has 362 valence electrons. The number of allylic oxidation sites excluding steroid dienone is 4. The molecule has 0 aliphatic heterocycles. The molecule has 0 aliphatic rings. The highest BCUT2D eigenvalue weighted by atomic mass is 31.2. The maximum atomic E-state index is 12.9. The summed E-state index contributed by atoms with van der Waals surface area (Å²) in [6, 6.07) is -0.776. The molecule has 0 saturated heterocycles. The van der Waals surface area contributed by atoms with E-state index in [4.69, 9.17) is 14.8 Å². The van der Waals surface area contributed by atoms with Gasteiger partial charge in [-0.25, -0.2) is 4.57 Å². The van der Waals surface area contributed by atoms with E-state index in [2.05, 4.69) is 43.5 Å². The molecule has 9 heteroatoms. The Morgan fingerprint density at radius 2 is 0.902 bits per heavy atom. The molecular weight excluding hydrogens is 780 g/mol. The van der Waals surface area contributed by atoms with Gasteiger partial charge in [-0.15, -0.1) is 0 Å². The van der Waals surface area contributed by atoms with Crippen LogP contribution in [0.15, 0.2) is 24.3 Å². The van der Waals surface area contributed by atoms with Gasteiger partial charge in [-0.05, 0) is 44.9 Å². The van der Waals surface area contributed by atoms with Gasteiger partial charge >= 0.3 is 7.82 Å². The van der Waals surface area contributed by atoms with Gasteiger partial charge in [0.15, 0.2) is 0 Å². The highest BCUT2D eigenvalue weighted by molar-refractivity contribution is 7.47. The standard InChI is InChI=1S/C52H103N2O6P/c1-3-5-7-9-11-13-15-17-19-21-23-25-27-29-31-33-35-37-39-41-43-45-51(55)50(49-60-61(57,58)59-48-47-53)54-52(56)46-44-42-40-38-36-34-32-30-28-26-24-22-20-18-16-14-12-10-8-6-4-2/h16,18,22,24,50-51,55H,3-15,17,19-21,23,25-49,53H2,1-2H3,(H,54,56)(H,57,58)/b18-16-,24-22-. The maximum absolute atomic E-state index is 12.9. The second-order valence-corrected chi connectivity index (χ2v) is 19.5. The lowest BCUT2D eigenvalue weighted by molar-refractivity contribution is -0.123. The molecule has 0 aromatic rings. The highest BCUT2D eigenvalue weighted by Crippen LogP contribution is 2.43. The lowest BCUT2D eigenvalue weighted by Crippen LogP contribution is -2.46. The number of carbonyl (C=O) groups is 1. The third-order valence-corrected chi connectivity index (χ3v) is 13.0. The number of phosphoric ester groups is 1. The van der Waals surface area contributed by atoms with Gasteiger partial charge in [0.1, 0.15) is 0 Å². The fourth-order valence-electron chi connectivity index (χ4n) is 8.05. The number of aliphatic hydroxyl groups is 1. The Hall–Kier alpha value is -1.02. The Morgan fingerprint density at radius 1 is 0.541 bits per heavy atom. The number of carbonyl (C=O) groups excluding carboxylic acids is 1. The topological polar surface area (TPSA) is 131 Å². The number of nitrogens with two attached hydrogens (primary N) is 1. The molecule has 3 unspecified atom stereocenters. The Kier molecular flexibility index (Phi) is 47.6. The van der Waals surface area contributed by atoms with Gasteiger partial charge in [-0.1, -0.05) is 244 Å². The first-order valence-electron chi connectivity index (χ1n) is 26.5. The van der Waals surface area contributed by atoms with E-state index in [0.717, 1.165) is 44.9 Å². The Bertz CT molecular complexity index is 1010. The predicted molar refractivity (Wildman–Crippen MR) is 263 cm³/mol. The minimum atomic E-state index is -4.32. The average molecular weight is 883 g/mol. The fourth-order valence-corrected chi connectivity index (χ4v) is 8.81. The lowest BCUT2D eigenvalue weighted by atomic mass is 10.0. The number of nitrogens with one attached hydrogen (secondary N) is 1. The molecule has 0 rings (SSSR count). The molecule has 0 bridgehead atoms. The van der Waals surface area contributed by atoms with E-state index < -0.39 is 20.0 Å². The van der Waals surface area contributed by atoms with Crippen LogP contribution in [0.1, 0.15) is 271 Å². The van der Waals surface area contributed by atoms with Crippen LogP contribution in [-0.4, -0.2) is 47.8 Å². The summed E-state index contributed by atoms with van der Waals surface area (Å²) in [4.78, 5) is 22.9. The van der Waals surface area contributed by atoms with E-state index in [0.29, 0.717) is 12.8 Å². The molecule has 0 radical (unpaired) electrons. The third kappa shape index (κ3) is 46.8. The molecule has 0 aliphatic carbocycles. The SMILES string of the molecule is CCCCCCC/C=C\C/C=C\CCCCCCCCCCCC(=O)NC(COP(=O)(O)OCCN)C(O)CCCCCCCCCCCCCCCCCCCCCCC. The number of phosphoric acid groups is 1. The molecule has 61 heavy (non-hydrogen) atoms. The van der Waals surface area contributed by atoms with Crippen molar-refractivity contribution in [3.63, 3.8) is 0 Å². The zero-order valence-electron chi connectivity index (χ0n) is 40.4. The largest absolute Gasteiger partial charge is 0.472 e. The van der Waals surface area contributed by atoms with E-state index in [9.17, 15) is 19.4 Å². The van der Waals surface area contributed by atoms with Gasteiger partial charge in [0, 0.05) is 13.0 Å². The van der Waals surface area contributed by atoms with Crippen LogP contribution in [0.4, 0.5) is 0 Å². The molecule has 0 aromatic carbocycles. The zero-order chi connectivity index (χ0) is 44.6. The van der Waals surface area contributed by atoms with Gasteiger partial charge in [-0.3, -0.25) is 13.8 Å². The molecule has 0 aromatic heterocycles. The molecule has 0 spiro atoms. The summed E-state index contributed by atoms with van der Waals surface area (Å²) in [6.45, 7) is 4.23. The van der Waals surface area contributed by atoms with Crippen LogP contribution in [0.5, 0.6) is 0 Å².